The molecule has 1 atom stereocenters. The number of carbonyl (C=O) groups excluding carboxylic acids is 3. The summed E-state index contributed by atoms with van der Waals surface area (Å²) in [4.78, 5) is 35.8. The number of hydrogen-bond acceptors (Lipinski definition) is 7. The average molecular weight is 562 g/mol. The van der Waals surface area contributed by atoms with Crippen molar-refractivity contribution in [2.24, 2.45) is 5.41 Å². The van der Waals surface area contributed by atoms with Crippen molar-refractivity contribution in [2.75, 3.05) is 31.1 Å². The summed E-state index contributed by atoms with van der Waals surface area (Å²) in [5.74, 6) is -1.68. The van der Waals surface area contributed by atoms with Crippen molar-refractivity contribution in [2.45, 2.75) is 64.7 Å². The third kappa shape index (κ3) is 9.86. The molecular formula is C25H37BrO7S. The molecule has 7 nitrogen and oxygen atoms in total. The predicted molar refractivity (Wildman–Crippen MR) is 136 cm³/mol. The van der Waals surface area contributed by atoms with Crippen LogP contribution < -0.4 is 0 Å². The second kappa shape index (κ2) is 13.4. The van der Waals surface area contributed by atoms with Crippen LogP contribution in [-0.4, -0.2) is 57.2 Å². The highest BCUT2D eigenvalue weighted by molar-refractivity contribution is 9.09. The highest BCUT2D eigenvalue weighted by atomic mass is 79.9. The lowest BCUT2D eigenvalue weighted by atomic mass is 9.74. The zero-order valence-corrected chi connectivity index (χ0v) is 23.2. The Morgan fingerprint density at radius 3 is 2.18 bits per heavy atom. The number of hydrogen-bond donors (Lipinski definition) is 0. The van der Waals surface area contributed by atoms with Gasteiger partial charge in [0.25, 0.3) is 0 Å². The number of halogens is 1. The van der Waals surface area contributed by atoms with Crippen molar-refractivity contribution in [3.63, 3.8) is 0 Å². The van der Waals surface area contributed by atoms with Gasteiger partial charge in [-0.25, -0.2) is 8.42 Å². The van der Waals surface area contributed by atoms with Crippen molar-refractivity contribution >= 4 is 43.5 Å². The molecular weight excluding hydrogens is 524 g/mol. The number of ketones is 1. The van der Waals surface area contributed by atoms with Gasteiger partial charge < -0.3 is 9.47 Å². The van der Waals surface area contributed by atoms with E-state index in [1.165, 1.54) is 14.2 Å². The van der Waals surface area contributed by atoms with Crippen LogP contribution in [0.15, 0.2) is 24.3 Å². The molecule has 0 aliphatic rings. The largest absolute Gasteiger partial charge is 0.469 e. The molecule has 1 aromatic rings. The molecule has 9 heteroatoms. The van der Waals surface area contributed by atoms with Crippen LogP contribution >= 0.6 is 15.9 Å². The highest BCUT2D eigenvalue weighted by Crippen LogP contribution is 2.34. The molecule has 1 rings (SSSR count). The molecule has 0 aromatic heterocycles. The van der Waals surface area contributed by atoms with Gasteiger partial charge in [-0.2, -0.15) is 0 Å². The Bertz CT molecular complexity index is 956. The Morgan fingerprint density at radius 2 is 1.59 bits per heavy atom. The van der Waals surface area contributed by atoms with Crippen LogP contribution in [0.2, 0.25) is 0 Å². The van der Waals surface area contributed by atoms with Crippen LogP contribution in [0, 0.1) is 5.41 Å². The molecule has 0 fully saturated rings. The van der Waals surface area contributed by atoms with Crippen LogP contribution in [-0.2, 0) is 45.5 Å². The van der Waals surface area contributed by atoms with E-state index in [1.54, 1.807) is 0 Å². The minimum atomic E-state index is -3.56. The summed E-state index contributed by atoms with van der Waals surface area (Å²) in [6.45, 7) is 5.67. The van der Waals surface area contributed by atoms with Gasteiger partial charge in [-0.3, -0.25) is 14.4 Å². The number of ether oxygens (including phenoxy) is 2. The Balaban J connectivity index is 2.84. The van der Waals surface area contributed by atoms with Crippen LogP contribution in [0.1, 0.15) is 64.0 Å². The standard InChI is InChI=1S/C25H37BrO7S/c1-24(2,18-34(30,31)17-23(29)33-5)13-6-7-14-25(3,21(27)16-26)20-10-8-9-19(15-20)11-12-22(28)32-4/h8-10,15H,6-7,11-14,16-18H2,1-5H3. The molecule has 0 aliphatic carbocycles. The first kappa shape index (κ1) is 30.3. The highest BCUT2D eigenvalue weighted by Gasteiger charge is 2.34. The van der Waals surface area contributed by atoms with Crippen molar-refractivity contribution in [3.05, 3.63) is 35.4 Å². The van der Waals surface area contributed by atoms with E-state index in [0.717, 1.165) is 24.0 Å². The third-order valence-corrected chi connectivity index (χ3v) is 8.51. The number of carbonyl (C=O) groups is 3. The van der Waals surface area contributed by atoms with Gasteiger partial charge in [0.05, 0.1) is 30.7 Å². The van der Waals surface area contributed by atoms with Gasteiger partial charge >= 0.3 is 11.9 Å². The van der Waals surface area contributed by atoms with Crippen molar-refractivity contribution in [1.82, 2.24) is 0 Å². The molecule has 0 N–H and O–H groups in total. The summed E-state index contributed by atoms with van der Waals surface area (Å²) in [5.41, 5.74) is 0.662. The molecule has 1 unspecified atom stereocenters. The quantitative estimate of drug-likeness (QED) is 0.180. The minimum absolute atomic E-state index is 0.0672. The molecule has 0 saturated carbocycles. The zero-order valence-electron chi connectivity index (χ0n) is 20.8. The lowest BCUT2D eigenvalue weighted by molar-refractivity contribution is -0.140. The lowest BCUT2D eigenvalue weighted by Gasteiger charge is -2.30. The monoisotopic (exact) mass is 560 g/mol. The number of unbranched alkanes of at least 4 members (excludes halogenated alkanes) is 1. The summed E-state index contributed by atoms with van der Waals surface area (Å²) >= 11 is 3.31. The number of esters is 2. The molecule has 0 radical (unpaired) electrons. The number of Topliss-reactive ketones (excluding diaryl/α,β-unsaturated/α-hetero) is 1. The summed E-state index contributed by atoms with van der Waals surface area (Å²) in [7, 11) is -1.03. The second-order valence-electron chi connectivity index (χ2n) is 9.65. The van der Waals surface area contributed by atoms with Crippen LogP contribution in [0.5, 0.6) is 0 Å². The van der Waals surface area contributed by atoms with Gasteiger partial charge in [0, 0.05) is 6.42 Å². The first-order valence-electron chi connectivity index (χ1n) is 11.3. The SMILES string of the molecule is COC(=O)CCc1cccc(C(C)(CCCCC(C)(C)CS(=O)(=O)CC(=O)OC)C(=O)CBr)c1. The van der Waals surface area contributed by atoms with Gasteiger partial charge in [-0.05, 0) is 42.7 Å². The normalized spacial score (nSPS) is 13.7. The maximum Gasteiger partial charge on any atom is 0.320 e. The number of rotatable bonds is 15. The summed E-state index contributed by atoms with van der Waals surface area (Å²) in [6.07, 6.45) is 3.55. The van der Waals surface area contributed by atoms with E-state index >= 15 is 0 Å². The molecule has 0 aliphatic heterocycles. The molecule has 34 heavy (non-hydrogen) atoms. The topological polar surface area (TPSA) is 104 Å². The third-order valence-electron chi connectivity index (χ3n) is 6.10. The molecule has 192 valence electrons. The molecule has 0 saturated heterocycles. The van der Waals surface area contributed by atoms with Gasteiger partial charge in [0.1, 0.15) is 5.75 Å². The fourth-order valence-electron chi connectivity index (χ4n) is 4.05. The van der Waals surface area contributed by atoms with Gasteiger partial charge in [0.2, 0.25) is 0 Å². The van der Waals surface area contributed by atoms with Gasteiger partial charge in [-0.15, -0.1) is 0 Å². The first-order chi connectivity index (χ1) is 15.8. The molecule has 0 amide bonds. The van der Waals surface area contributed by atoms with E-state index in [0.29, 0.717) is 19.3 Å². The van der Waals surface area contributed by atoms with E-state index in [4.69, 9.17) is 4.74 Å². The smallest absolute Gasteiger partial charge is 0.320 e. The Hall–Kier alpha value is -1.74. The number of methoxy groups -OCH3 is 2. The second-order valence-corrected chi connectivity index (χ2v) is 12.3. The van der Waals surface area contributed by atoms with Crippen LogP contribution in [0.3, 0.4) is 0 Å². The molecule has 0 spiro atoms. The van der Waals surface area contributed by atoms with E-state index in [2.05, 4.69) is 20.7 Å². The first-order valence-corrected chi connectivity index (χ1v) is 14.3. The summed E-state index contributed by atoms with van der Waals surface area (Å²) in [6, 6.07) is 7.75. The van der Waals surface area contributed by atoms with Crippen molar-refractivity contribution < 1.29 is 32.3 Å². The fraction of sp³-hybridized carbons (Fsp3) is 0.640. The minimum Gasteiger partial charge on any atom is -0.469 e. The Morgan fingerprint density at radius 1 is 0.971 bits per heavy atom. The number of benzene rings is 1. The number of alkyl halides is 1. The molecule has 0 bridgehead atoms. The maximum absolute atomic E-state index is 12.9. The summed E-state index contributed by atoms with van der Waals surface area (Å²) in [5, 5.41) is 0.229. The van der Waals surface area contributed by atoms with E-state index in [1.807, 2.05) is 45.0 Å². The van der Waals surface area contributed by atoms with E-state index in [-0.39, 0.29) is 29.3 Å². The van der Waals surface area contributed by atoms with Crippen molar-refractivity contribution in [1.29, 1.82) is 0 Å². The van der Waals surface area contributed by atoms with Crippen LogP contribution in [0.25, 0.3) is 0 Å². The van der Waals surface area contributed by atoms with E-state index in [9.17, 15) is 22.8 Å². The lowest BCUT2D eigenvalue weighted by Crippen LogP contribution is -2.34. The number of aryl methyl sites for hydroxylation is 1. The van der Waals surface area contributed by atoms with Crippen molar-refractivity contribution in [3.8, 4) is 0 Å². The predicted octanol–water partition coefficient (Wildman–Crippen LogP) is 4.19. The Kier molecular flexibility index (Phi) is 11.9. The fourth-order valence-corrected chi connectivity index (χ4v) is 6.58. The maximum atomic E-state index is 12.9. The van der Waals surface area contributed by atoms with Gasteiger partial charge in [0.15, 0.2) is 15.6 Å². The van der Waals surface area contributed by atoms with E-state index < -0.39 is 32.4 Å². The molecule has 1 aromatic carbocycles. The summed E-state index contributed by atoms with van der Waals surface area (Å²) < 4.78 is 33.8. The molecule has 0 heterocycles. The zero-order chi connectivity index (χ0) is 26.0. The number of sulfone groups is 1. The van der Waals surface area contributed by atoms with Crippen LogP contribution in [0.4, 0.5) is 0 Å². The van der Waals surface area contributed by atoms with Gasteiger partial charge in [-0.1, -0.05) is 66.9 Å². The Labute approximate surface area is 212 Å². The average Bonchev–Trinajstić information content (AvgIpc) is 2.78.